The predicted octanol–water partition coefficient (Wildman–Crippen LogP) is 3.75. The van der Waals surface area contributed by atoms with Crippen LogP contribution in [0.2, 0.25) is 0 Å². The Morgan fingerprint density at radius 1 is 1.10 bits per heavy atom. The Hall–Kier alpha value is -3.50. The normalized spacial score (nSPS) is 10.5. The number of carbonyl (C=O) groups is 2. The number of aryl methyl sites for hydroxylation is 1. The highest BCUT2D eigenvalue weighted by Crippen LogP contribution is 2.19. The third-order valence-electron chi connectivity index (χ3n) is 4.25. The van der Waals surface area contributed by atoms with Crippen LogP contribution in [0.3, 0.4) is 0 Å². The molecular formula is C21H23N5O4S. The molecule has 0 aliphatic rings. The third kappa shape index (κ3) is 6.24. The summed E-state index contributed by atoms with van der Waals surface area (Å²) in [5, 5.41) is 12.4. The number of hydrogen-bond acceptors (Lipinski definition) is 6. The third-order valence-corrected chi connectivity index (χ3v) is 4.56. The lowest BCUT2D eigenvalue weighted by molar-refractivity contribution is -0.116. The van der Waals surface area contributed by atoms with E-state index < -0.39 is 6.09 Å². The summed E-state index contributed by atoms with van der Waals surface area (Å²) in [5.41, 5.74) is 2.94. The summed E-state index contributed by atoms with van der Waals surface area (Å²) in [5.74, 6) is 0.296. The molecule has 9 nitrogen and oxygen atoms in total. The number of ether oxygens (including phenoxy) is 2. The van der Waals surface area contributed by atoms with Crippen molar-refractivity contribution in [3.63, 3.8) is 0 Å². The molecule has 2 amide bonds. The number of methoxy groups -OCH3 is 1. The van der Waals surface area contributed by atoms with Crippen LogP contribution >= 0.6 is 12.2 Å². The number of nitrogens with zero attached hydrogens (tertiary/aromatic N) is 2. The molecule has 1 heterocycles. The Morgan fingerprint density at radius 3 is 2.58 bits per heavy atom. The average molecular weight is 442 g/mol. The van der Waals surface area contributed by atoms with Crippen molar-refractivity contribution in [1.82, 2.24) is 14.8 Å². The van der Waals surface area contributed by atoms with Gasteiger partial charge in [-0.1, -0.05) is 29.8 Å². The van der Waals surface area contributed by atoms with E-state index in [-0.39, 0.29) is 19.1 Å². The molecule has 10 heteroatoms. The minimum absolute atomic E-state index is 0.0185. The molecule has 1 aromatic heterocycles. The molecular weight excluding hydrogens is 418 g/mol. The number of rotatable bonds is 8. The highest BCUT2D eigenvalue weighted by Gasteiger charge is 2.13. The Kier molecular flexibility index (Phi) is 7.52. The average Bonchev–Trinajstić information content (AvgIpc) is 3.08. The first-order chi connectivity index (χ1) is 15.0. The molecule has 0 atom stereocenters. The van der Waals surface area contributed by atoms with Gasteiger partial charge in [-0.15, -0.1) is 0 Å². The molecule has 3 N–H and O–H groups in total. The largest absolute Gasteiger partial charge is 0.447 e. The van der Waals surface area contributed by atoms with E-state index in [9.17, 15) is 9.59 Å². The molecule has 0 radical (unpaired) electrons. The van der Waals surface area contributed by atoms with Gasteiger partial charge >= 0.3 is 6.09 Å². The van der Waals surface area contributed by atoms with Gasteiger partial charge in [-0.25, -0.2) is 4.79 Å². The zero-order chi connectivity index (χ0) is 22.2. The minimum Gasteiger partial charge on any atom is -0.447 e. The standard InChI is InChI=1S/C21H23N5O4S/c1-14-5-3-6-15(11-14)19-24-25-20(31)26(19)13-18(27)22-16-7-4-8-17(12-16)23-21(28)30-10-9-29-2/h3-8,11-12H,9-10,13H2,1-2H3,(H,22,27)(H,23,28)(H,25,31). The van der Waals surface area contributed by atoms with E-state index >= 15 is 0 Å². The maximum atomic E-state index is 12.6. The number of nitrogens with one attached hydrogen (secondary N) is 3. The van der Waals surface area contributed by atoms with Crippen LogP contribution in [0, 0.1) is 11.7 Å². The lowest BCUT2D eigenvalue weighted by Crippen LogP contribution is -2.20. The van der Waals surface area contributed by atoms with Gasteiger partial charge < -0.3 is 14.8 Å². The van der Waals surface area contributed by atoms with Gasteiger partial charge in [0.05, 0.1) is 6.61 Å². The van der Waals surface area contributed by atoms with Gasteiger partial charge in [-0.3, -0.25) is 19.8 Å². The second-order valence-electron chi connectivity index (χ2n) is 6.69. The zero-order valence-corrected chi connectivity index (χ0v) is 18.0. The number of benzene rings is 2. The smallest absolute Gasteiger partial charge is 0.411 e. The molecule has 0 unspecified atom stereocenters. The van der Waals surface area contributed by atoms with Gasteiger partial charge in [-0.2, -0.15) is 5.10 Å². The second kappa shape index (κ2) is 10.5. The molecule has 0 aliphatic heterocycles. The first-order valence-corrected chi connectivity index (χ1v) is 9.92. The van der Waals surface area contributed by atoms with Gasteiger partial charge in [-0.05, 0) is 43.4 Å². The van der Waals surface area contributed by atoms with Crippen LogP contribution in [0.25, 0.3) is 11.4 Å². The van der Waals surface area contributed by atoms with Crippen LogP contribution in [0.4, 0.5) is 16.2 Å². The van der Waals surface area contributed by atoms with E-state index in [4.69, 9.17) is 21.7 Å². The number of aromatic nitrogens is 3. The number of amides is 2. The summed E-state index contributed by atoms with van der Waals surface area (Å²) < 4.78 is 11.8. The van der Waals surface area contributed by atoms with E-state index in [0.29, 0.717) is 28.6 Å². The van der Waals surface area contributed by atoms with E-state index in [0.717, 1.165) is 11.1 Å². The van der Waals surface area contributed by atoms with Crippen molar-refractivity contribution in [2.45, 2.75) is 13.5 Å². The molecule has 3 rings (SSSR count). The maximum Gasteiger partial charge on any atom is 0.411 e. The highest BCUT2D eigenvalue weighted by atomic mass is 32.1. The monoisotopic (exact) mass is 441 g/mol. The topological polar surface area (TPSA) is 110 Å². The minimum atomic E-state index is -0.604. The van der Waals surface area contributed by atoms with Crippen LogP contribution in [0.5, 0.6) is 0 Å². The molecule has 0 fully saturated rings. The van der Waals surface area contributed by atoms with Crippen LogP contribution in [-0.4, -0.2) is 47.1 Å². The van der Waals surface area contributed by atoms with Crippen molar-refractivity contribution in [2.24, 2.45) is 0 Å². The van der Waals surface area contributed by atoms with E-state index in [1.807, 2.05) is 31.2 Å². The van der Waals surface area contributed by atoms with Crippen molar-refractivity contribution >= 4 is 35.6 Å². The van der Waals surface area contributed by atoms with Gasteiger partial charge in [0, 0.05) is 24.0 Å². The van der Waals surface area contributed by atoms with Crippen molar-refractivity contribution in [2.75, 3.05) is 31.0 Å². The van der Waals surface area contributed by atoms with E-state index in [1.165, 1.54) is 7.11 Å². The molecule has 31 heavy (non-hydrogen) atoms. The Balaban J connectivity index is 1.66. The summed E-state index contributed by atoms with van der Waals surface area (Å²) in [7, 11) is 1.52. The summed E-state index contributed by atoms with van der Waals surface area (Å²) in [4.78, 5) is 24.4. The molecule has 0 saturated carbocycles. The molecule has 0 bridgehead atoms. The maximum absolute atomic E-state index is 12.6. The SMILES string of the molecule is COCCOC(=O)Nc1cccc(NC(=O)Cn2c(-c3cccc(C)c3)n[nH]c2=S)c1. The lowest BCUT2D eigenvalue weighted by Gasteiger charge is -2.11. The van der Waals surface area contributed by atoms with Crippen molar-refractivity contribution in [1.29, 1.82) is 0 Å². The van der Waals surface area contributed by atoms with Crippen LogP contribution in [0.1, 0.15) is 5.56 Å². The van der Waals surface area contributed by atoms with E-state index in [2.05, 4.69) is 20.8 Å². The number of H-pyrrole nitrogens is 1. The zero-order valence-electron chi connectivity index (χ0n) is 17.2. The van der Waals surface area contributed by atoms with Gasteiger partial charge in [0.25, 0.3) is 0 Å². The van der Waals surface area contributed by atoms with Gasteiger partial charge in [0.1, 0.15) is 13.2 Å². The molecule has 0 aliphatic carbocycles. The Bertz CT molecular complexity index is 1120. The number of hydrogen-bond donors (Lipinski definition) is 3. The van der Waals surface area contributed by atoms with Crippen LogP contribution in [0.15, 0.2) is 48.5 Å². The predicted molar refractivity (Wildman–Crippen MR) is 120 cm³/mol. The molecule has 0 saturated heterocycles. The fraction of sp³-hybridized carbons (Fsp3) is 0.238. The number of aromatic amines is 1. The quantitative estimate of drug-likeness (QED) is 0.363. The van der Waals surface area contributed by atoms with Gasteiger partial charge in [0.2, 0.25) is 5.91 Å². The van der Waals surface area contributed by atoms with Crippen molar-refractivity contribution < 1.29 is 19.1 Å². The first-order valence-electron chi connectivity index (χ1n) is 9.51. The highest BCUT2D eigenvalue weighted by molar-refractivity contribution is 7.71. The first kappa shape index (κ1) is 22.2. The molecule has 2 aromatic carbocycles. The van der Waals surface area contributed by atoms with Crippen molar-refractivity contribution in [3.05, 3.63) is 58.9 Å². The number of carbonyl (C=O) groups excluding carboxylic acids is 2. The Morgan fingerprint density at radius 2 is 1.84 bits per heavy atom. The summed E-state index contributed by atoms with van der Waals surface area (Å²) in [6.07, 6.45) is -0.604. The summed E-state index contributed by atoms with van der Waals surface area (Å²) in [6.45, 7) is 2.42. The Labute approximate surface area is 184 Å². The lowest BCUT2D eigenvalue weighted by atomic mass is 10.1. The summed E-state index contributed by atoms with van der Waals surface area (Å²) in [6, 6.07) is 14.5. The number of anilines is 2. The van der Waals surface area contributed by atoms with Gasteiger partial charge in [0.15, 0.2) is 10.6 Å². The molecule has 0 spiro atoms. The molecule has 3 aromatic rings. The van der Waals surface area contributed by atoms with Crippen LogP contribution < -0.4 is 10.6 Å². The van der Waals surface area contributed by atoms with Crippen LogP contribution in [-0.2, 0) is 20.8 Å². The van der Waals surface area contributed by atoms with E-state index in [1.54, 1.807) is 28.8 Å². The molecule has 162 valence electrons. The fourth-order valence-electron chi connectivity index (χ4n) is 2.86. The fourth-order valence-corrected chi connectivity index (χ4v) is 3.06. The summed E-state index contributed by atoms with van der Waals surface area (Å²) >= 11 is 5.30. The second-order valence-corrected chi connectivity index (χ2v) is 7.08. The van der Waals surface area contributed by atoms with Crippen molar-refractivity contribution in [3.8, 4) is 11.4 Å².